The Morgan fingerprint density at radius 1 is 0.404 bits per heavy atom. The minimum Gasteiger partial charge on any atom is -0.0761 e. The highest BCUT2D eigenvalue weighted by Crippen LogP contribution is 2.48. The molecule has 244 valence electrons. The maximum absolute atomic E-state index is 2.52. The first-order valence-corrected chi connectivity index (χ1v) is 18.6. The zero-order valence-corrected chi connectivity index (χ0v) is 29.1. The zero-order chi connectivity index (χ0) is 34.3. The summed E-state index contributed by atoms with van der Waals surface area (Å²) in [6.45, 7) is 2.35. The van der Waals surface area contributed by atoms with Gasteiger partial charge < -0.3 is 0 Å². The van der Waals surface area contributed by atoms with Crippen LogP contribution in [0.3, 0.4) is 0 Å². The molecule has 0 N–H and O–H groups in total. The van der Waals surface area contributed by atoms with Crippen LogP contribution in [0.15, 0.2) is 176 Å². The Hall–Kier alpha value is -6.24. The summed E-state index contributed by atoms with van der Waals surface area (Å²) in [5.41, 5.74) is 16.0. The predicted octanol–water partition coefficient (Wildman–Crippen LogP) is 14.0. The second-order valence-electron chi connectivity index (χ2n) is 14.8. The Bertz CT molecular complexity index is 2880. The van der Waals surface area contributed by atoms with Gasteiger partial charge in [-0.05, 0) is 123 Å². The first-order valence-electron chi connectivity index (χ1n) is 18.6. The number of hydrogen-bond acceptors (Lipinski definition) is 0. The van der Waals surface area contributed by atoms with Crippen molar-refractivity contribution in [2.45, 2.75) is 18.8 Å². The maximum atomic E-state index is 2.52. The highest BCUT2D eigenvalue weighted by atomic mass is 14.3. The van der Waals surface area contributed by atoms with Crippen LogP contribution in [0.25, 0.3) is 77.3 Å². The lowest BCUT2D eigenvalue weighted by atomic mass is 9.74. The van der Waals surface area contributed by atoms with Crippen molar-refractivity contribution in [1.82, 2.24) is 0 Å². The van der Waals surface area contributed by atoms with Gasteiger partial charge in [-0.1, -0.05) is 165 Å². The Morgan fingerprint density at radius 3 is 2.08 bits per heavy atom. The van der Waals surface area contributed by atoms with E-state index in [1.165, 1.54) is 99.1 Å². The van der Waals surface area contributed by atoms with Gasteiger partial charge in [-0.15, -0.1) is 0 Å². The van der Waals surface area contributed by atoms with Crippen molar-refractivity contribution in [2.24, 2.45) is 5.92 Å². The lowest BCUT2D eigenvalue weighted by Crippen LogP contribution is -2.15. The first-order chi connectivity index (χ1) is 25.7. The van der Waals surface area contributed by atoms with E-state index in [-0.39, 0.29) is 0 Å². The maximum Gasteiger partial charge on any atom is 0.0131 e. The van der Waals surface area contributed by atoms with E-state index in [2.05, 4.69) is 189 Å². The van der Waals surface area contributed by atoms with Crippen LogP contribution in [-0.4, -0.2) is 0 Å². The molecule has 0 heteroatoms. The highest BCUT2D eigenvalue weighted by Gasteiger charge is 2.29. The van der Waals surface area contributed by atoms with Crippen molar-refractivity contribution >= 4 is 44.0 Å². The van der Waals surface area contributed by atoms with Crippen LogP contribution in [0, 0.1) is 5.92 Å². The molecular formula is C52H36. The van der Waals surface area contributed by atoms with Crippen molar-refractivity contribution in [3.05, 3.63) is 204 Å². The van der Waals surface area contributed by atoms with Crippen LogP contribution in [0.2, 0.25) is 0 Å². The van der Waals surface area contributed by atoms with E-state index in [0.29, 0.717) is 17.8 Å². The standard InChI is InChI=1S/C52H36/c1-32-41-12-4-5-14-43(41)46-26-23-38(28-49(32)46)37-20-18-34-22-24-47-48(51(34)30-37)25-21-33-17-19-36(29-50(33)47)35-10-8-11-39(27-35)52-31-40-9-2-3-13-42(40)44-15-6-7-16-45(44)52/h2-32,34,51H,1H3. The molecule has 3 unspecified atom stereocenters. The van der Waals surface area contributed by atoms with E-state index in [9.17, 15) is 0 Å². The van der Waals surface area contributed by atoms with Crippen LogP contribution in [-0.2, 0) is 0 Å². The van der Waals surface area contributed by atoms with Crippen LogP contribution in [0.1, 0.15) is 46.6 Å². The van der Waals surface area contributed by atoms with Crippen LogP contribution in [0.5, 0.6) is 0 Å². The molecule has 0 amide bonds. The van der Waals surface area contributed by atoms with Gasteiger partial charge in [0, 0.05) is 17.8 Å². The molecule has 0 heterocycles. The lowest BCUT2D eigenvalue weighted by molar-refractivity contribution is 0.696. The molecule has 3 atom stereocenters. The summed E-state index contributed by atoms with van der Waals surface area (Å²) in [6.07, 6.45) is 12.1. The Morgan fingerprint density at radius 2 is 1.13 bits per heavy atom. The summed E-state index contributed by atoms with van der Waals surface area (Å²) in [4.78, 5) is 0. The Balaban J connectivity index is 0.978. The molecule has 0 spiro atoms. The molecule has 0 aromatic heterocycles. The largest absolute Gasteiger partial charge is 0.0761 e. The third-order valence-electron chi connectivity index (χ3n) is 12.1. The topological polar surface area (TPSA) is 0 Å². The molecule has 0 radical (unpaired) electrons. The van der Waals surface area contributed by atoms with Gasteiger partial charge in [0.15, 0.2) is 0 Å². The van der Waals surface area contributed by atoms with Crippen molar-refractivity contribution in [3.63, 3.8) is 0 Å². The van der Waals surface area contributed by atoms with Crippen molar-refractivity contribution < 1.29 is 0 Å². The molecule has 0 fully saturated rings. The van der Waals surface area contributed by atoms with Crippen molar-refractivity contribution in [1.29, 1.82) is 0 Å². The number of fused-ring (bicyclic) bond motifs is 11. The third-order valence-corrected chi connectivity index (χ3v) is 12.1. The fraction of sp³-hybridized carbons (Fsp3) is 0.0769. The Kier molecular flexibility index (Phi) is 6.46. The van der Waals surface area contributed by atoms with Gasteiger partial charge in [0.25, 0.3) is 0 Å². The smallest absolute Gasteiger partial charge is 0.0131 e. The normalized spacial score (nSPS) is 18.2. The van der Waals surface area contributed by atoms with Crippen LogP contribution in [0.4, 0.5) is 0 Å². The predicted molar refractivity (Wildman–Crippen MR) is 222 cm³/mol. The summed E-state index contributed by atoms with van der Waals surface area (Å²) in [5.74, 6) is 1.09. The molecule has 11 rings (SSSR count). The second kappa shape index (κ2) is 11.4. The number of allylic oxidation sites excluding steroid dienone is 5. The summed E-state index contributed by atoms with van der Waals surface area (Å²) in [5, 5.41) is 7.77. The van der Waals surface area contributed by atoms with Crippen LogP contribution >= 0.6 is 0 Å². The van der Waals surface area contributed by atoms with Gasteiger partial charge in [-0.3, -0.25) is 0 Å². The molecule has 8 aromatic carbocycles. The average Bonchev–Trinajstić information content (AvgIpc) is 3.50. The average molecular weight is 661 g/mol. The monoisotopic (exact) mass is 660 g/mol. The minimum atomic E-state index is 0.306. The molecule has 52 heavy (non-hydrogen) atoms. The van der Waals surface area contributed by atoms with Gasteiger partial charge in [0.05, 0.1) is 0 Å². The van der Waals surface area contributed by atoms with Gasteiger partial charge in [0.1, 0.15) is 0 Å². The SMILES string of the molecule is CC1c2ccccc2-c2ccc(C3=CC4c5ccc6ccc(-c7cccc(-c8cc9ccccc9c9ccccc89)c7)cc6c5C=CC4C=C3)cc21. The van der Waals surface area contributed by atoms with Crippen molar-refractivity contribution in [2.75, 3.05) is 0 Å². The molecule has 3 aliphatic rings. The minimum absolute atomic E-state index is 0.306. The number of hydrogen-bond donors (Lipinski definition) is 0. The van der Waals surface area contributed by atoms with E-state index in [0.717, 1.165) is 0 Å². The zero-order valence-electron chi connectivity index (χ0n) is 29.1. The number of benzene rings is 8. The molecule has 0 saturated heterocycles. The van der Waals surface area contributed by atoms with E-state index in [1.807, 2.05) is 0 Å². The summed E-state index contributed by atoms with van der Waals surface area (Å²) in [6, 6.07) is 56.7. The lowest BCUT2D eigenvalue weighted by Gasteiger charge is -2.30. The second-order valence-corrected chi connectivity index (χ2v) is 14.8. The first kappa shape index (κ1) is 29.5. The van der Waals surface area contributed by atoms with E-state index >= 15 is 0 Å². The van der Waals surface area contributed by atoms with Gasteiger partial charge in [-0.25, -0.2) is 0 Å². The van der Waals surface area contributed by atoms with E-state index in [1.54, 1.807) is 0 Å². The molecule has 0 bridgehead atoms. The molecule has 0 saturated carbocycles. The van der Waals surface area contributed by atoms with Crippen molar-refractivity contribution in [3.8, 4) is 33.4 Å². The third kappa shape index (κ3) is 4.47. The quantitative estimate of drug-likeness (QED) is 0.165. The van der Waals surface area contributed by atoms with Crippen LogP contribution < -0.4 is 0 Å². The molecule has 3 aliphatic carbocycles. The molecule has 0 nitrogen and oxygen atoms in total. The number of rotatable bonds is 3. The van der Waals surface area contributed by atoms with Gasteiger partial charge in [-0.2, -0.15) is 0 Å². The van der Waals surface area contributed by atoms with Gasteiger partial charge >= 0.3 is 0 Å². The molecule has 8 aromatic rings. The summed E-state index contributed by atoms with van der Waals surface area (Å²) < 4.78 is 0. The highest BCUT2D eigenvalue weighted by molar-refractivity contribution is 6.14. The van der Waals surface area contributed by atoms with E-state index in [4.69, 9.17) is 0 Å². The van der Waals surface area contributed by atoms with E-state index < -0.39 is 0 Å². The summed E-state index contributed by atoms with van der Waals surface area (Å²) >= 11 is 0. The molecule has 0 aliphatic heterocycles. The molecular weight excluding hydrogens is 625 g/mol. The summed E-state index contributed by atoms with van der Waals surface area (Å²) in [7, 11) is 0. The van der Waals surface area contributed by atoms with Gasteiger partial charge in [0.2, 0.25) is 0 Å². The fourth-order valence-electron chi connectivity index (χ4n) is 9.38. The Labute approximate surface area is 304 Å². The fourth-order valence-corrected chi connectivity index (χ4v) is 9.38.